The fourth-order valence-electron chi connectivity index (χ4n) is 1.89. The molecule has 0 radical (unpaired) electrons. The van der Waals surface area contributed by atoms with Crippen molar-refractivity contribution in [1.29, 1.82) is 0 Å². The lowest BCUT2D eigenvalue weighted by atomic mass is 10.1. The SMILES string of the molecule is CC(=O)c1cc(F)cc(CSCc2ccccc2)c1O. The number of carbonyl (C=O) groups excluding carboxylic acids is 1. The molecule has 2 aromatic carbocycles. The maximum Gasteiger partial charge on any atom is 0.163 e. The van der Waals surface area contributed by atoms with Crippen LogP contribution in [0.15, 0.2) is 42.5 Å². The van der Waals surface area contributed by atoms with Crippen LogP contribution >= 0.6 is 11.8 Å². The minimum atomic E-state index is -0.497. The topological polar surface area (TPSA) is 37.3 Å². The van der Waals surface area contributed by atoms with Crippen molar-refractivity contribution in [3.05, 3.63) is 65.0 Å². The van der Waals surface area contributed by atoms with Crippen LogP contribution in [-0.2, 0) is 11.5 Å². The molecule has 0 bridgehead atoms. The van der Waals surface area contributed by atoms with E-state index in [0.717, 1.165) is 11.8 Å². The molecule has 0 atom stereocenters. The summed E-state index contributed by atoms with van der Waals surface area (Å²) in [7, 11) is 0. The third kappa shape index (κ3) is 3.61. The van der Waals surface area contributed by atoms with Crippen LogP contribution in [0.3, 0.4) is 0 Å². The molecule has 1 N–H and O–H groups in total. The van der Waals surface area contributed by atoms with Gasteiger partial charge >= 0.3 is 0 Å². The molecule has 4 heteroatoms. The number of phenols is 1. The van der Waals surface area contributed by atoms with Gasteiger partial charge in [-0.25, -0.2) is 4.39 Å². The first-order chi connectivity index (χ1) is 9.58. The molecule has 2 aromatic rings. The molecule has 2 rings (SSSR count). The zero-order chi connectivity index (χ0) is 14.5. The monoisotopic (exact) mass is 290 g/mol. The van der Waals surface area contributed by atoms with Crippen LogP contribution in [0.25, 0.3) is 0 Å². The maximum atomic E-state index is 13.4. The molecule has 2 nitrogen and oxygen atoms in total. The average molecular weight is 290 g/mol. The Bertz CT molecular complexity index is 611. The Balaban J connectivity index is 2.08. The second-order valence-electron chi connectivity index (χ2n) is 4.50. The van der Waals surface area contributed by atoms with Gasteiger partial charge in [-0.3, -0.25) is 4.79 Å². The fraction of sp³-hybridized carbons (Fsp3) is 0.188. The van der Waals surface area contributed by atoms with E-state index in [-0.39, 0.29) is 17.1 Å². The van der Waals surface area contributed by atoms with Crippen LogP contribution in [0.4, 0.5) is 4.39 Å². The second kappa shape index (κ2) is 6.57. The molecule has 0 aromatic heterocycles. The third-order valence-electron chi connectivity index (χ3n) is 2.90. The predicted molar refractivity (Wildman–Crippen MR) is 79.5 cm³/mol. The number of phenolic OH excluding ortho intramolecular Hbond substituents is 1. The molecule has 0 fully saturated rings. The van der Waals surface area contributed by atoms with Crippen molar-refractivity contribution in [3.63, 3.8) is 0 Å². The van der Waals surface area contributed by atoms with E-state index in [2.05, 4.69) is 0 Å². The summed E-state index contributed by atoms with van der Waals surface area (Å²) in [4.78, 5) is 11.3. The number of aromatic hydroxyl groups is 1. The van der Waals surface area contributed by atoms with Gasteiger partial charge in [0.05, 0.1) is 5.56 Å². The summed E-state index contributed by atoms with van der Waals surface area (Å²) in [5.41, 5.74) is 1.66. The zero-order valence-electron chi connectivity index (χ0n) is 11.1. The first-order valence-corrected chi connectivity index (χ1v) is 7.37. The summed E-state index contributed by atoms with van der Waals surface area (Å²) in [5, 5.41) is 9.98. The molecule has 0 saturated heterocycles. The molecule has 20 heavy (non-hydrogen) atoms. The summed E-state index contributed by atoms with van der Waals surface area (Å²) < 4.78 is 13.4. The summed E-state index contributed by atoms with van der Waals surface area (Å²) in [6.07, 6.45) is 0. The first kappa shape index (κ1) is 14.6. The van der Waals surface area contributed by atoms with E-state index in [4.69, 9.17) is 0 Å². The van der Waals surface area contributed by atoms with Crippen LogP contribution < -0.4 is 0 Å². The minimum Gasteiger partial charge on any atom is -0.507 e. The van der Waals surface area contributed by atoms with Gasteiger partial charge in [-0.2, -0.15) is 11.8 Å². The predicted octanol–water partition coefficient (Wildman–Crippen LogP) is 4.17. The summed E-state index contributed by atoms with van der Waals surface area (Å²) in [6, 6.07) is 12.3. The molecule has 0 aliphatic rings. The fourth-order valence-corrected chi connectivity index (χ4v) is 2.86. The zero-order valence-corrected chi connectivity index (χ0v) is 11.9. The lowest BCUT2D eigenvalue weighted by molar-refractivity contribution is 0.101. The van der Waals surface area contributed by atoms with Crippen LogP contribution in [-0.4, -0.2) is 10.9 Å². The van der Waals surface area contributed by atoms with E-state index in [0.29, 0.717) is 11.3 Å². The van der Waals surface area contributed by atoms with Gasteiger partial charge in [0.2, 0.25) is 0 Å². The summed E-state index contributed by atoms with van der Waals surface area (Å²) in [5.74, 6) is 0.282. The standard InChI is InChI=1S/C16H15FO2S/c1-11(18)15-8-14(17)7-13(16(15)19)10-20-9-12-5-3-2-4-6-12/h2-8,19H,9-10H2,1H3. The number of rotatable bonds is 5. The molecule has 0 aliphatic carbocycles. The molecular formula is C16H15FO2S. The smallest absolute Gasteiger partial charge is 0.163 e. The number of hydrogen-bond donors (Lipinski definition) is 1. The number of halogens is 1. The van der Waals surface area contributed by atoms with Gasteiger partial charge in [0.15, 0.2) is 5.78 Å². The maximum absolute atomic E-state index is 13.4. The van der Waals surface area contributed by atoms with E-state index in [1.165, 1.54) is 18.6 Å². The largest absolute Gasteiger partial charge is 0.507 e. The van der Waals surface area contributed by atoms with E-state index in [1.54, 1.807) is 11.8 Å². The van der Waals surface area contributed by atoms with Crippen molar-refractivity contribution in [2.75, 3.05) is 0 Å². The molecule has 0 unspecified atom stereocenters. The number of thioether (sulfide) groups is 1. The summed E-state index contributed by atoms with van der Waals surface area (Å²) >= 11 is 1.56. The van der Waals surface area contributed by atoms with Gasteiger partial charge in [-0.05, 0) is 24.6 Å². The quantitative estimate of drug-likeness (QED) is 0.840. The molecule has 0 spiro atoms. The third-order valence-corrected chi connectivity index (χ3v) is 3.95. The number of hydrogen-bond acceptors (Lipinski definition) is 3. The lowest BCUT2D eigenvalue weighted by Crippen LogP contribution is -1.97. The highest BCUT2D eigenvalue weighted by molar-refractivity contribution is 7.97. The van der Waals surface area contributed by atoms with Crippen molar-refractivity contribution in [2.24, 2.45) is 0 Å². The van der Waals surface area contributed by atoms with Crippen molar-refractivity contribution in [3.8, 4) is 5.75 Å². The van der Waals surface area contributed by atoms with E-state index < -0.39 is 5.82 Å². The Morgan fingerprint density at radius 3 is 2.55 bits per heavy atom. The Kier molecular flexibility index (Phi) is 4.79. The van der Waals surface area contributed by atoms with Crippen molar-refractivity contribution < 1.29 is 14.3 Å². The lowest BCUT2D eigenvalue weighted by Gasteiger charge is -2.08. The highest BCUT2D eigenvalue weighted by Gasteiger charge is 2.13. The van der Waals surface area contributed by atoms with Gasteiger partial charge < -0.3 is 5.11 Å². The van der Waals surface area contributed by atoms with Crippen LogP contribution in [0.2, 0.25) is 0 Å². The molecule has 0 saturated carbocycles. The van der Waals surface area contributed by atoms with E-state index >= 15 is 0 Å². The first-order valence-electron chi connectivity index (χ1n) is 6.22. The van der Waals surface area contributed by atoms with Gasteiger partial charge in [-0.1, -0.05) is 30.3 Å². The van der Waals surface area contributed by atoms with Crippen molar-refractivity contribution in [2.45, 2.75) is 18.4 Å². The Labute approximate surface area is 121 Å². The van der Waals surface area contributed by atoms with Gasteiger partial charge in [-0.15, -0.1) is 0 Å². The highest BCUT2D eigenvalue weighted by atomic mass is 32.2. The molecular weight excluding hydrogens is 275 g/mol. The van der Waals surface area contributed by atoms with Gasteiger partial charge in [0.1, 0.15) is 11.6 Å². The Morgan fingerprint density at radius 1 is 1.20 bits per heavy atom. The van der Waals surface area contributed by atoms with Gasteiger partial charge in [0, 0.05) is 17.1 Å². The average Bonchev–Trinajstić information content (AvgIpc) is 2.43. The minimum absolute atomic E-state index is 0.0420. The summed E-state index contributed by atoms with van der Waals surface area (Å²) in [6.45, 7) is 1.31. The number of carbonyl (C=O) groups is 1. The number of Topliss-reactive ketones (excluding diaryl/α,β-unsaturated/α-hetero) is 1. The molecule has 0 aliphatic heterocycles. The van der Waals surface area contributed by atoms with Gasteiger partial charge in [0.25, 0.3) is 0 Å². The van der Waals surface area contributed by atoms with Crippen LogP contribution in [0.1, 0.15) is 28.4 Å². The van der Waals surface area contributed by atoms with E-state index in [9.17, 15) is 14.3 Å². The number of ketones is 1. The van der Waals surface area contributed by atoms with Crippen molar-refractivity contribution in [1.82, 2.24) is 0 Å². The van der Waals surface area contributed by atoms with Crippen molar-refractivity contribution >= 4 is 17.5 Å². The highest BCUT2D eigenvalue weighted by Crippen LogP contribution is 2.29. The van der Waals surface area contributed by atoms with Crippen LogP contribution in [0.5, 0.6) is 5.75 Å². The molecule has 0 heterocycles. The number of benzene rings is 2. The Morgan fingerprint density at radius 2 is 1.90 bits per heavy atom. The van der Waals surface area contributed by atoms with E-state index in [1.807, 2.05) is 30.3 Å². The Hall–Kier alpha value is -1.81. The second-order valence-corrected chi connectivity index (χ2v) is 5.48. The normalized spacial score (nSPS) is 10.5. The molecule has 0 amide bonds. The van der Waals surface area contributed by atoms with Crippen LogP contribution in [0, 0.1) is 5.82 Å². The molecule has 104 valence electrons.